The van der Waals surface area contributed by atoms with E-state index < -0.39 is 0 Å². The summed E-state index contributed by atoms with van der Waals surface area (Å²) in [4.78, 5) is 59.4. The van der Waals surface area contributed by atoms with Gasteiger partial charge in [0.05, 0.1) is 33.1 Å². The highest BCUT2D eigenvalue weighted by Crippen LogP contribution is 2.46. The number of nitrogens with zero attached hydrogens (tertiary/aromatic N) is 15. The van der Waals surface area contributed by atoms with E-state index >= 15 is 0 Å². The molecule has 18 nitrogen and oxygen atoms in total. The summed E-state index contributed by atoms with van der Waals surface area (Å²) in [5.41, 5.74) is 25.9. The summed E-state index contributed by atoms with van der Waals surface area (Å²) in [6.07, 6.45) is 3.69. The first kappa shape index (κ1) is 87.1. The summed E-state index contributed by atoms with van der Waals surface area (Å²) in [6, 6.07) is 163. The average molecular weight is 1930 g/mol. The van der Waals surface area contributed by atoms with E-state index in [0.29, 0.717) is 58.1 Å². The molecule has 12 aromatic heterocycles. The van der Waals surface area contributed by atoms with E-state index in [2.05, 4.69) is 238 Å². The average Bonchev–Trinajstić information content (AvgIpc) is 1.59. The Balaban J connectivity index is 0.000000108. The molecule has 0 atom stereocenters. The third-order valence-corrected chi connectivity index (χ3v) is 27.9. The topological polar surface area (TPSA) is 209 Å². The molecule has 0 fully saturated rings. The number of benzene rings is 18. The first-order valence-electron chi connectivity index (χ1n) is 49.7. The van der Waals surface area contributed by atoms with E-state index in [9.17, 15) is 0 Å². The van der Waals surface area contributed by atoms with Crippen molar-refractivity contribution in [2.75, 3.05) is 0 Å². The summed E-state index contributed by atoms with van der Waals surface area (Å²) >= 11 is 0. The quantitative estimate of drug-likeness (QED) is 0.0935. The fourth-order valence-electron chi connectivity index (χ4n) is 20.9. The fraction of sp³-hybridized carbons (Fsp3) is 0. The number of fused-ring (bicyclic) bond motifs is 18. The molecule has 0 unspecified atom stereocenters. The number of aromatic nitrogens is 15. The molecule has 0 amide bonds. The molecule has 0 N–H and O–H groups in total. The largest absolute Gasteiger partial charge is 0.455 e. The van der Waals surface area contributed by atoms with E-state index in [1.165, 1.54) is 5.39 Å². The Morgan fingerprint density at radius 2 is 0.433 bits per heavy atom. The molecule has 18 heteroatoms. The lowest BCUT2D eigenvalue weighted by Gasteiger charge is -2.11. The lowest BCUT2D eigenvalue weighted by Crippen LogP contribution is -2.03. The number of rotatable bonds is 15. The molecule has 30 aromatic rings. The Hall–Kier alpha value is -20.8. The van der Waals surface area contributed by atoms with E-state index in [1.54, 1.807) is 0 Å². The number of hydrogen-bond donors (Lipinski definition) is 0. The molecule has 150 heavy (non-hydrogen) atoms. The fourth-order valence-corrected chi connectivity index (χ4v) is 20.9. The minimum Gasteiger partial charge on any atom is -0.455 e. The van der Waals surface area contributed by atoms with E-state index in [1.807, 2.05) is 267 Å². The highest BCUT2D eigenvalue weighted by atomic mass is 16.3. The zero-order valence-corrected chi connectivity index (χ0v) is 80.2. The summed E-state index contributed by atoms with van der Waals surface area (Å²) in [6.45, 7) is 0. The van der Waals surface area contributed by atoms with Crippen molar-refractivity contribution in [1.29, 1.82) is 0 Å². The highest BCUT2D eigenvalue weighted by Gasteiger charge is 2.26. The summed E-state index contributed by atoms with van der Waals surface area (Å²) < 4.78 is 26.0. The van der Waals surface area contributed by atoms with Crippen molar-refractivity contribution in [3.8, 4) is 153 Å². The Labute approximate surface area is 857 Å². The monoisotopic (exact) mass is 1920 g/mol. The first-order chi connectivity index (χ1) is 74.3. The van der Waals surface area contributed by atoms with Crippen molar-refractivity contribution >= 4 is 131 Å². The SMILES string of the molecule is c1ccc(-c2nc(-c3ccccc3)nc(-c3ccc(-n4c5ccccc5c5ccc(-c6cccc7c6oc6ccccc67)cc54)nc3)n2)cc1.c1ccc(-c2nc(-c3ccccc3)nc(-c3cccc(-n4c5ccccc5c5ccc(-c6cccc7c6oc6ccccc67)cc54)n3)n2)cc1.c1ccc(-c2nc(-c3ccccc3)nc(-c3ccnc(-n4c5ccccc5c5ccc(-c6cccc7c6oc6ccccc67)cc54)c3)n2)cc1. The number of pyridine rings is 3. The van der Waals surface area contributed by atoms with Crippen molar-refractivity contribution in [3.05, 3.63) is 492 Å². The van der Waals surface area contributed by atoms with Crippen LogP contribution in [0.25, 0.3) is 285 Å². The van der Waals surface area contributed by atoms with Crippen LogP contribution in [0, 0.1) is 0 Å². The van der Waals surface area contributed by atoms with Crippen LogP contribution in [0.1, 0.15) is 0 Å². The second-order valence-corrected chi connectivity index (χ2v) is 36.9. The molecule has 0 bridgehead atoms. The lowest BCUT2D eigenvalue weighted by atomic mass is 10.0. The van der Waals surface area contributed by atoms with Crippen LogP contribution in [-0.4, -0.2) is 73.5 Å². The Kier molecular flexibility index (Phi) is 21.4. The third-order valence-electron chi connectivity index (χ3n) is 27.9. The molecule has 18 aromatic carbocycles. The second kappa shape index (κ2) is 36.9. The zero-order chi connectivity index (χ0) is 99.1. The van der Waals surface area contributed by atoms with Crippen LogP contribution in [0.4, 0.5) is 0 Å². The van der Waals surface area contributed by atoms with Gasteiger partial charge in [-0.25, -0.2) is 59.8 Å². The van der Waals surface area contributed by atoms with Gasteiger partial charge in [-0.05, 0) is 108 Å². The molecule has 0 aliphatic rings. The minimum atomic E-state index is 0.512. The summed E-state index contributed by atoms with van der Waals surface area (Å²) in [5.74, 6) is 7.69. The Morgan fingerprint density at radius 3 is 0.787 bits per heavy atom. The van der Waals surface area contributed by atoms with E-state index in [0.717, 1.165) is 221 Å². The standard InChI is InChI=1S/3C44H27N5O/c1-3-13-28(14-4-1)42-46-43(29-15-5-2-6-16-29)48-44(47-42)36-21-12-24-40(45-36)49-37-22-9-7-17-32(37)33-26-25-30(27-38(33)49)31-19-11-20-35-34-18-8-10-23-39(34)50-41(31)35;1-3-12-28(13-4-1)42-46-43(29-14-5-2-6-15-29)48-44(47-42)31-23-25-40(45-27-31)49-37-20-9-7-16-33(37)34-24-22-30(26-38(34)49)32-18-11-19-36-35-17-8-10-21-39(35)50-41(32)36;1-3-12-28(13-4-1)42-46-43(29-14-5-2-6-15-29)48-44(47-42)31-24-25-45-40(27-31)49-37-20-9-7-16-33(37)34-23-22-30(26-38(34)49)32-18-11-19-36-35-17-8-10-21-39(35)50-41(32)36/h3*1-27H. The maximum atomic E-state index is 6.43. The zero-order valence-electron chi connectivity index (χ0n) is 80.2. The van der Waals surface area contributed by atoms with Crippen LogP contribution in [-0.2, 0) is 0 Å². The van der Waals surface area contributed by atoms with Crippen molar-refractivity contribution in [1.82, 2.24) is 73.5 Å². The molecule has 0 saturated carbocycles. The van der Waals surface area contributed by atoms with Crippen LogP contribution in [0.3, 0.4) is 0 Å². The van der Waals surface area contributed by atoms with Crippen LogP contribution >= 0.6 is 0 Å². The van der Waals surface area contributed by atoms with Crippen molar-refractivity contribution in [3.63, 3.8) is 0 Å². The molecule has 702 valence electrons. The molecule has 30 rings (SSSR count). The number of para-hydroxylation sites is 9. The van der Waals surface area contributed by atoms with Crippen molar-refractivity contribution < 1.29 is 13.3 Å². The smallest absolute Gasteiger partial charge is 0.182 e. The van der Waals surface area contributed by atoms with E-state index in [-0.39, 0.29) is 0 Å². The van der Waals surface area contributed by atoms with Gasteiger partial charge in [0.1, 0.15) is 56.6 Å². The van der Waals surface area contributed by atoms with Gasteiger partial charge in [0, 0.05) is 138 Å². The van der Waals surface area contributed by atoms with Crippen LogP contribution in [0.15, 0.2) is 505 Å². The normalized spacial score (nSPS) is 11.6. The second-order valence-electron chi connectivity index (χ2n) is 36.9. The molecule has 0 spiro atoms. The van der Waals surface area contributed by atoms with Gasteiger partial charge in [-0.3, -0.25) is 13.7 Å². The van der Waals surface area contributed by atoms with Crippen LogP contribution < -0.4 is 0 Å². The Bertz CT molecular complexity index is 9920. The predicted molar refractivity (Wildman–Crippen MR) is 603 cm³/mol. The summed E-state index contributed by atoms with van der Waals surface area (Å²) in [7, 11) is 0. The van der Waals surface area contributed by atoms with Crippen molar-refractivity contribution in [2.24, 2.45) is 0 Å². The van der Waals surface area contributed by atoms with Gasteiger partial charge in [0.15, 0.2) is 52.4 Å². The lowest BCUT2D eigenvalue weighted by molar-refractivity contribution is 0.669. The minimum absolute atomic E-state index is 0.512. The third kappa shape index (κ3) is 15.6. The van der Waals surface area contributed by atoms with Gasteiger partial charge in [-0.2, -0.15) is 0 Å². The molecule has 0 radical (unpaired) electrons. The van der Waals surface area contributed by atoms with Gasteiger partial charge in [0.25, 0.3) is 0 Å². The van der Waals surface area contributed by atoms with Crippen LogP contribution in [0.5, 0.6) is 0 Å². The molecule has 12 heterocycles. The maximum absolute atomic E-state index is 6.43. The maximum Gasteiger partial charge on any atom is 0.182 e. The molecular weight excluding hydrogens is 1840 g/mol. The molecule has 0 aliphatic carbocycles. The number of hydrogen-bond acceptors (Lipinski definition) is 15. The van der Waals surface area contributed by atoms with Crippen LogP contribution in [0.2, 0.25) is 0 Å². The summed E-state index contributed by atoms with van der Waals surface area (Å²) in [5, 5.41) is 13.6. The first-order valence-corrected chi connectivity index (χ1v) is 49.7. The van der Waals surface area contributed by atoms with E-state index in [4.69, 9.17) is 73.1 Å². The highest BCUT2D eigenvalue weighted by molar-refractivity contribution is 6.17. The van der Waals surface area contributed by atoms with Gasteiger partial charge in [-0.1, -0.05) is 388 Å². The predicted octanol–water partition coefficient (Wildman–Crippen LogP) is 32.8. The number of furan rings is 3. The molecule has 0 saturated heterocycles. The van der Waals surface area contributed by atoms with Gasteiger partial charge in [0.2, 0.25) is 0 Å². The Morgan fingerprint density at radius 1 is 0.153 bits per heavy atom. The van der Waals surface area contributed by atoms with Gasteiger partial charge >= 0.3 is 0 Å². The van der Waals surface area contributed by atoms with Gasteiger partial charge < -0.3 is 13.3 Å². The van der Waals surface area contributed by atoms with Gasteiger partial charge in [-0.15, -0.1) is 0 Å². The van der Waals surface area contributed by atoms with Crippen molar-refractivity contribution in [2.45, 2.75) is 0 Å². The molecular formula is C132H81N15O3. The molecule has 0 aliphatic heterocycles.